The first-order chi connectivity index (χ1) is 18.4. The molecule has 2 N–H and O–H groups in total. The van der Waals surface area contributed by atoms with E-state index in [1.54, 1.807) is 36.3 Å². The van der Waals surface area contributed by atoms with Crippen LogP contribution in [0.25, 0.3) is 10.9 Å². The van der Waals surface area contributed by atoms with E-state index in [1.165, 1.54) is 25.3 Å². The monoisotopic (exact) mass is 514 g/mol. The highest BCUT2D eigenvalue weighted by Gasteiger charge is 2.45. The van der Waals surface area contributed by atoms with Crippen LogP contribution in [0.3, 0.4) is 0 Å². The van der Waals surface area contributed by atoms with Gasteiger partial charge in [0.1, 0.15) is 5.75 Å². The largest absolute Gasteiger partial charge is 0.495 e. The molecule has 2 amide bonds. The van der Waals surface area contributed by atoms with E-state index in [2.05, 4.69) is 10.3 Å². The lowest BCUT2D eigenvalue weighted by atomic mass is 9.79. The minimum Gasteiger partial charge on any atom is -0.495 e. The van der Waals surface area contributed by atoms with Crippen LogP contribution < -0.4 is 10.1 Å². The van der Waals surface area contributed by atoms with Gasteiger partial charge in [-0.3, -0.25) is 19.7 Å². The van der Waals surface area contributed by atoms with Crippen molar-refractivity contribution in [3.8, 4) is 5.75 Å². The molecule has 0 saturated carbocycles. The summed E-state index contributed by atoms with van der Waals surface area (Å²) in [7, 11) is 2.98. The number of carbonyl (C=O) groups excluding carboxylic acids is 2. The van der Waals surface area contributed by atoms with Crippen molar-refractivity contribution in [1.82, 2.24) is 9.88 Å². The maximum atomic E-state index is 14.1. The van der Waals surface area contributed by atoms with Gasteiger partial charge in [-0.05, 0) is 23.8 Å². The molecule has 4 aromatic rings. The maximum absolute atomic E-state index is 14.1. The number of rotatable bonds is 8. The molecule has 1 aliphatic heterocycles. The second kappa shape index (κ2) is 10.3. The molecule has 10 heteroatoms. The van der Waals surface area contributed by atoms with Crippen LogP contribution in [0.1, 0.15) is 33.4 Å². The first kappa shape index (κ1) is 25.0. The molecule has 0 radical (unpaired) electrons. The van der Waals surface area contributed by atoms with Gasteiger partial charge in [0.25, 0.3) is 11.6 Å². The summed E-state index contributed by atoms with van der Waals surface area (Å²) < 4.78 is 10.7. The van der Waals surface area contributed by atoms with Crippen molar-refractivity contribution in [2.24, 2.45) is 0 Å². The highest BCUT2D eigenvalue weighted by Crippen LogP contribution is 2.45. The number of H-pyrrole nitrogens is 1. The van der Waals surface area contributed by atoms with Crippen LogP contribution in [0.15, 0.2) is 72.9 Å². The van der Waals surface area contributed by atoms with E-state index in [4.69, 9.17) is 9.47 Å². The Morgan fingerprint density at radius 1 is 1.08 bits per heavy atom. The van der Waals surface area contributed by atoms with Gasteiger partial charge in [0.05, 0.1) is 36.3 Å². The number of hydrogen-bond acceptors (Lipinski definition) is 6. The second-order valence-electron chi connectivity index (χ2n) is 8.92. The van der Waals surface area contributed by atoms with E-state index in [0.29, 0.717) is 11.1 Å². The quantitative estimate of drug-likeness (QED) is 0.260. The number of methoxy groups -OCH3 is 2. The molecule has 0 fully saturated rings. The number of nitrogens with zero attached hydrogens (tertiary/aromatic N) is 2. The van der Waals surface area contributed by atoms with Crippen molar-refractivity contribution >= 4 is 34.1 Å². The Morgan fingerprint density at radius 3 is 2.61 bits per heavy atom. The summed E-state index contributed by atoms with van der Waals surface area (Å²) >= 11 is 0. The van der Waals surface area contributed by atoms with Crippen molar-refractivity contribution in [1.29, 1.82) is 0 Å². The number of nitro groups is 1. The molecule has 2 heterocycles. The zero-order valence-electron chi connectivity index (χ0n) is 20.8. The molecular formula is C28H26N4O6. The summed E-state index contributed by atoms with van der Waals surface area (Å²) in [5.41, 5.74) is 2.64. The van der Waals surface area contributed by atoms with E-state index in [0.717, 1.165) is 16.5 Å². The molecule has 5 rings (SSSR count). The normalized spacial score (nSPS) is 16.8. The molecule has 0 bridgehead atoms. The Hall–Kier alpha value is -4.70. The summed E-state index contributed by atoms with van der Waals surface area (Å²) in [4.78, 5) is 43.7. The smallest absolute Gasteiger partial charge is 0.271 e. The number of non-ortho nitro benzene ring substituents is 1. The molecule has 0 spiro atoms. The maximum Gasteiger partial charge on any atom is 0.271 e. The summed E-state index contributed by atoms with van der Waals surface area (Å²) in [5, 5.41) is 15.1. The first-order valence-electron chi connectivity index (χ1n) is 12.0. The first-order valence-corrected chi connectivity index (χ1v) is 12.0. The summed E-state index contributed by atoms with van der Waals surface area (Å²) in [6.45, 7) is 0.539. The van der Waals surface area contributed by atoms with Crippen LogP contribution in [0.4, 0.5) is 11.4 Å². The summed E-state index contributed by atoms with van der Waals surface area (Å²) in [5.74, 6) is -1.18. The zero-order chi connectivity index (χ0) is 26.8. The van der Waals surface area contributed by atoms with Gasteiger partial charge in [0.2, 0.25) is 5.91 Å². The number of hydrogen-bond donors (Lipinski definition) is 2. The lowest BCUT2D eigenvalue weighted by Crippen LogP contribution is -2.47. The molecule has 38 heavy (non-hydrogen) atoms. The third-order valence-corrected chi connectivity index (χ3v) is 6.85. The predicted molar refractivity (Wildman–Crippen MR) is 141 cm³/mol. The van der Waals surface area contributed by atoms with E-state index < -0.39 is 22.8 Å². The number of ether oxygens (including phenoxy) is 2. The van der Waals surface area contributed by atoms with Crippen LogP contribution >= 0.6 is 0 Å². The molecule has 3 aromatic carbocycles. The lowest BCUT2D eigenvalue weighted by Gasteiger charge is -2.41. The van der Waals surface area contributed by atoms with Gasteiger partial charge in [0, 0.05) is 54.0 Å². The lowest BCUT2D eigenvalue weighted by molar-refractivity contribution is -0.384. The molecule has 2 atom stereocenters. The van der Waals surface area contributed by atoms with E-state index in [1.807, 2.05) is 30.5 Å². The highest BCUT2D eigenvalue weighted by molar-refractivity contribution is 6.05. The Labute approximate surface area is 218 Å². The number of aromatic nitrogens is 1. The van der Waals surface area contributed by atoms with Crippen LogP contribution in [-0.2, 0) is 9.53 Å². The topological polar surface area (TPSA) is 127 Å². The van der Waals surface area contributed by atoms with Crippen molar-refractivity contribution in [2.45, 2.75) is 12.0 Å². The van der Waals surface area contributed by atoms with Gasteiger partial charge in [-0.25, -0.2) is 0 Å². The Kier molecular flexibility index (Phi) is 6.80. The van der Waals surface area contributed by atoms with Crippen molar-refractivity contribution in [3.05, 3.63) is 99.7 Å². The minimum absolute atomic E-state index is 0.169. The zero-order valence-corrected chi connectivity index (χ0v) is 20.8. The fourth-order valence-corrected chi connectivity index (χ4v) is 5.11. The van der Waals surface area contributed by atoms with Gasteiger partial charge >= 0.3 is 0 Å². The number of carbonyl (C=O) groups is 2. The minimum atomic E-state index is -0.830. The second-order valence-corrected chi connectivity index (χ2v) is 8.92. The number of aromatic amines is 1. The van der Waals surface area contributed by atoms with E-state index in [-0.39, 0.29) is 36.2 Å². The standard InChI is InChI=1S/C28H26N4O6/c1-37-14-13-31-26(21-16-29-22-10-6-5-7-18(21)22)25(19-8-3-4-9-20(19)28(31)34)27(33)30-23-15-17(32(35)36)11-12-24(23)38-2/h3-12,15-16,25-26,29H,13-14H2,1-2H3,(H,30,33)/t25-,26-/m0/s1. The van der Waals surface area contributed by atoms with Crippen LogP contribution in [0, 0.1) is 10.1 Å². The van der Waals surface area contributed by atoms with Crippen LogP contribution in [-0.4, -0.2) is 54.0 Å². The van der Waals surface area contributed by atoms with Crippen LogP contribution in [0.5, 0.6) is 5.75 Å². The number of nitrogens with one attached hydrogen (secondary N) is 2. The number of fused-ring (bicyclic) bond motifs is 2. The average molecular weight is 515 g/mol. The third-order valence-electron chi connectivity index (χ3n) is 6.85. The van der Waals surface area contributed by atoms with E-state index in [9.17, 15) is 19.7 Å². The highest BCUT2D eigenvalue weighted by atomic mass is 16.6. The fraction of sp³-hybridized carbons (Fsp3) is 0.214. The molecule has 194 valence electrons. The number of para-hydroxylation sites is 1. The molecule has 0 aliphatic carbocycles. The van der Waals surface area contributed by atoms with Crippen LogP contribution in [0.2, 0.25) is 0 Å². The van der Waals surface area contributed by atoms with Gasteiger partial charge in [-0.15, -0.1) is 0 Å². The molecule has 1 aromatic heterocycles. The van der Waals surface area contributed by atoms with Crippen molar-refractivity contribution < 1.29 is 24.0 Å². The van der Waals surface area contributed by atoms with Crippen molar-refractivity contribution in [3.63, 3.8) is 0 Å². The number of amides is 2. The molecular weight excluding hydrogens is 488 g/mol. The summed E-state index contributed by atoms with van der Waals surface area (Å²) in [6, 6.07) is 18.1. The van der Waals surface area contributed by atoms with Gasteiger partial charge in [-0.2, -0.15) is 0 Å². The molecule has 10 nitrogen and oxygen atoms in total. The number of anilines is 1. The van der Waals surface area contributed by atoms with Crippen molar-refractivity contribution in [2.75, 3.05) is 32.7 Å². The Balaban J connectivity index is 1.67. The number of benzene rings is 3. The van der Waals surface area contributed by atoms with Gasteiger partial charge in [0.15, 0.2) is 0 Å². The molecule has 1 aliphatic rings. The third kappa shape index (κ3) is 4.35. The Morgan fingerprint density at radius 2 is 1.84 bits per heavy atom. The SMILES string of the molecule is COCCN1C(=O)c2ccccc2[C@H](C(=O)Nc2cc([N+](=O)[O-])ccc2OC)[C@@H]1c1c[nH]c2ccccc12. The summed E-state index contributed by atoms with van der Waals surface area (Å²) in [6.07, 6.45) is 1.82. The van der Waals surface area contributed by atoms with E-state index >= 15 is 0 Å². The van der Waals surface area contributed by atoms with Gasteiger partial charge in [-0.1, -0.05) is 36.4 Å². The number of nitro benzene ring substituents is 1. The van der Waals surface area contributed by atoms with Gasteiger partial charge < -0.3 is 24.7 Å². The fourth-order valence-electron chi connectivity index (χ4n) is 5.11. The molecule has 0 unspecified atom stereocenters. The molecule has 0 saturated heterocycles. The Bertz CT molecular complexity index is 1530. The average Bonchev–Trinajstić information content (AvgIpc) is 3.36. The predicted octanol–water partition coefficient (Wildman–Crippen LogP) is 4.65.